The highest BCUT2D eigenvalue weighted by Crippen LogP contribution is 2.15. The molecule has 1 unspecified atom stereocenters. The summed E-state index contributed by atoms with van der Waals surface area (Å²) in [6, 6.07) is 0. The summed E-state index contributed by atoms with van der Waals surface area (Å²) in [7, 11) is 0. The van der Waals surface area contributed by atoms with Gasteiger partial charge in [0.2, 0.25) is 0 Å². The van der Waals surface area contributed by atoms with Crippen LogP contribution in [0.1, 0.15) is 265 Å². The first-order valence-corrected chi connectivity index (χ1v) is 27.4. The Hall–Kier alpha value is -3.15. The lowest BCUT2D eigenvalue weighted by molar-refractivity contribution is -0.167. The molecule has 0 aromatic rings. The number of carbonyl (C=O) groups excluding carboxylic acids is 3. The van der Waals surface area contributed by atoms with Crippen LogP contribution in [-0.2, 0) is 28.6 Å². The minimum atomic E-state index is -0.800. The number of hydrogen-bond donors (Lipinski definition) is 0. The molecule has 0 aromatic carbocycles. The van der Waals surface area contributed by atoms with Crippen molar-refractivity contribution in [3.8, 4) is 0 Å². The van der Waals surface area contributed by atoms with E-state index in [2.05, 4.69) is 93.7 Å². The topological polar surface area (TPSA) is 78.9 Å². The van der Waals surface area contributed by atoms with E-state index in [4.69, 9.17) is 14.2 Å². The van der Waals surface area contributed by atoms with E-state index in [1.165, 1.54) is 128 Å². The summed E-state index contributed by atoms with van der Waals surface area (Å²) in [4.78, 5) is 38.1. The summed E-state index contributed by atoms with van der Waals surface area (Å²) in [5.74, 6) is -0.957. The zero-order valence-corrected chi connectivity index (χ0v) is 42.7. The van der Waals surface area contributed by atoms with Gasteiger partial charge in [-0.1, -0.05) is 235 Å². The summed E-state index contributed by atoms with van der Waals surface area (Å²) in [5, 5.41) is 0. The lowest BCUT2D eigenvalue weighted by Crippen LogP contribution is -2.30. The van der Waals surface area contributed by atoms with Gasteiger partial charge in [0, 0.05) is 19.3 Å². The molecule has 374 valence electrons. The smallest absolute Gasteiger partial charge is 0.306 e. The van der Waals surface area contributed by atoms with Crippen molar-refractivity contribution in [2.45, 2.75) is 271 Å². The highest BCUT2D eigenvalue weighted by Gasteiger charge is 2.19. The van der Waals surface area contributed by atoms with Crippen molar-refractivity contribution < 1.29 is 28.6 Å². The quantitative estimate of drug-likeness (QED) is 0.0262. The molecule has 0 aliphatic rings. The van der Waals surface area contributed by atoms with E-state index >= 15 is 0 Å². The minimum Gasteiger partial charge on any atom is -0.462 e. The van der Waals surface area contributed by atoms with Gasteiger partial charge in [0.15, 0.2) is 6.10 Å². The molecule has 0 N–H and O–H groups in total. The molecule has 1 atom stereocenters. The largest absolute Gasteiger partial charge is 0.462 e. The fourth-order valence-corrected chi connectivity index (χ4v) is 7.59. The van der Waals surface area contributed by atoms with Crippen LogP contribution in [-0.4, -0.2) is 37.2 Å². The van der Waals surface area contributed by atoms with E-state index in [9.17, 15) is 14.4 Å². The van der Waals surface area contributed by atoms with Gasteiger partial charge >= 0.3 is 17.9 Å². The van der Waals surface area contributed by atoms with Crippen LogP contribution in [0.2, 0.25) is 0 Å². The van der Waals surface area contributed by atoms with Crippen molar-refractivity contribution in [2.75, 3.05) is 13.2 Å². The SMILES string of the molecule is CC/C=C\C/C=C\C/C=C\C/C=C\C/C=C\CCCC(=O)OCC(COC(=O)CCCCCCCCCCCCCCCCC)OC(=O)CCCCCCC/C=C\CCCCCCCC. The summed E-state index contributed by atoms with van der Waals surface area (Å²) < 4.78 is 16.8. The molecule has 0 fully saturated rings. The number of allylic oxidation sites excluding steroid dienone is 12. The number of unbranched alkanes of at least 4 members (excludes halogenated alkanes) is 26. The van der Waals surface area contributed by atoms with Crippen LogP contribution >= 0.6 is 0 Å². The average molecular weight is 907 g/mol. The molecule has 6 heteroatoms. The van der Waals surface area contributed by atoms with Gasteiger partial charge in [0.1, 0.15) is 13.2 Å². The standard InChI is InChI=1S/C59H102O6/c1-4-7-10-13-16-19-22-25-28-29-32-34-37-40-43-46-49-52-58(61)64-55-56(65-59(62)53-50-47-44-41-38-35-31-27-24-21-18-15-12-9-6-3)54-63-57(60)51-48-45-42-39-36-33-30-26-23-20-17-14-11-8-5-2/h7,10,16,19,25,27-28,31-32,34,40,43,56H,4-6,8-9,11-15,17-18,20-24,26,29-30,33,35-39,41-42,44-55H2,1-3H3/b10-7-,19-16-,28-25-,31-27-,34-32-,43-40-. The van der Waals surface area contributed by atoms with Gasteiger partial charge in [0.05, 0.1) is 0 Å². The molecule has 0 aliphatic carbocycles. The van der Waals surface area contributed by atoms with Crippen LogP contribution in [0, 0.1) is 0 Å². The van der Waals surface area contributed by atoms with Crippen molar-refractivity contribution in [3.63, 3.8) is 0 Å². The van der Waals surface area contributed by atoms with E-state index < -0.39 is 6.10 Å². The normalized spacial score (nSPS) is 12.6. The Morgan fingerprint density at radius 2 is 0.615 bits per heavy atom. The van der Waals surface area contributed by atoms with Crippen LogP contribution < -0.4 is 0 Å². The number of ether oxygens (including phenoxy) is 3. The van der Waals surface area contributed by atoms with Crippen LogP contribution in [0.15, 0.2) is 72.9 Å². The van der Waals surface area contributed by atoms with Crippen LogP contribution in [0.3, 0.4) is 0 Å². The van der Waals surface area contributed by atoms with Gasteiger partial charge in [-0.25, -0.2) is 0 Å². The van der Waals surface area contributed by atoms with Gasteiger partial charge < -0.3 is 14.2 Å². The Kier molecular flexibility index (Phi) is 50.9. The molecule has 0 aliphatic heterocycles. The molecular formula is C59H102O6. The number of carbonyl (C=O) groups is 3. The fraction of sp³-hybridized carbons (Fsp3) is 0.746. The molecule has 0 radical (unpaired) electrons. The van der Waals surface area contributed by atoms with E-state index in [0.29, 0.717) is 19.3 Å². The molecule has 0 rings (SSSR count). The predicted octanol–water partition coefficient (Wildman–Crippen LogP) is 18.2. The van der Waals surface area contributed by atoms with Crippen molar-refractivity contribution in [1.29, 1.82) is 0 Å². The Morgan fingerprint density at radius 3 is 1.02 bits per heavy atom. The third kappa shape index (κ3) is 51.7. The number of esters is 3. The molecule has 0 saturated carbocycles. The zero-order chi connectivity index (χ0) is 47.2. The summed E-state index contributed by atoms with van der Waals surface area (Å²) >= 11 is 0. The second-order valence-corrected chi connectivity index (χ2v) is 18.1. The van der Waals surface area contributed by atoms with E-state index in [-0.39, 0.29) is 37.5 Å². The summed E-state index contributed by atoms with van der Waals surface area (Å²) in [5.41, 5.74) is 0. The van der Waals surface area contributed by atoms with Crippen molar-refractivity contribution in [3.05, 3.63) is 72.9 Å². The maximum atomic E-state index is 12.8. The highest BCUT2D eigenvalue weighted by atomic mass is 16.6. The van der Waals surface area contributed by atoms with Crippen LogP contribution in [0.5, 0.6) is 0 Å². The monoisotopic (exact) mass is 907 g/mol. The molecule has 0 bridgehead atoms. The fourth-order valence-electron chi connectivity index (χ4n) is 7.59. The Labute approximate surface area is 402 Å². The van der Waals surface area contributed by atoms with Gasteiger partial charge in [-0.15, -0.1) is 0 Å². The molecule has 0 aromatic heterocycles. The second kappa shape index (κ2) is 53.5. The van der Waals surface area contributed by atoms with E-state index in [0.717, 1.165) is 89.9 Å². The molecule has 0 amide bonds. The van der Waals surface area contributed by atoms with Crippen molar-refractivity contribution in [2.24, 2.45) is 0 Å². The summed E-state index contributed by atoms with van der Waals surface area (Å²) in [6.45, 7) is 6.48. The minimum absolute atomic E-state index is 0.0942. The van der Waals surface area contributed by atoms with Gasteiger partial charge in [-0.2, -0.15) is 0 Å². The lowest BCUT2D eigenvalue weighted by atomic mass is 10.0. The van der Waals surface area contributed by atoms with Gasteiger partial charge in [-0.05, 0) is 83.5 Å². The Balaban J connectivity index is 4.47. The molecule has 0 heterocycles. The Bertz CT molecular complexity index is 1230. The van der Waals surface area contributed by atoms with E-state index in [1.807, 2.05) is 0 Å². The lowest BCUT2D eigenvalue weighted by Gasteiger charge is -2.18. The van der Waals surface area contributed by atoms with Crippen LogP contribution in [0.4, 0.5) is 0 Å². The third-order valence-electron chi connectivity index (χ3n) is 11.7. The number of hydrogen-bond acceptors (Lipinski definition) is 6. The van der Waals surface area contributed by atoms with Crippen molar-refractivity contribution >= 4 is 17.9 Å². The molecule has 0 saturated heterocycles. The summed E-state index contributed by atoms with van der Waals surface area (Å²) in [6.07, 6.45) is 67.5. The number of rotatable bonds is 49. The molecule has 0 spiro atoms. The first-order valence-electron chi connectivity index (χ1n) is 27.4. The average Bonchev–Trinajstić information content (AvgIpc) is 3.30. The van der Waals surface area contributed by atoms with E-state index in [1.54, 1.807) is 0 Å². The molecular weight excluding hydrogens is 805 g/mol. The Morgan fingerprint density at radius 1 is 0.323 bits per heavy atom. The van der Waals surface area contributed by atoms with Crippen LogP contribution in [0.25, 0.3) is 0 Å². The molecule has 65 heavy (non-hydrogen) atoms. The first-order chi connectivity index (χ1) is 32.0. The van der Waals surface area contributed by atoms with Gasteiger partial charge in [0.25, 0.3) is 0 Å². The molecule has 6 nitrogen and oxygen atoms in total. The van der Waals surface area contributed by atoms with Gasteiger partial charge in [-0.3, -0.25) is 14.4 Å². The van der Waals surface area contributed by atoms with Crippen molar-refractivity contribution in [1.82, 2.24) is 0 Å². The third-order valence-corrected chi connectivity index (χ3v) is 11.7. The maximum absolute atomic E-state index is 12.8. The first kappa shape index (κ1) is 61.9. The predicted molar refractivity (Wildman–Crippen MR) is 279 cm³/mol. The highest BCUT2D eigenvalue weighted by molar-refractivity contribution is 5.71. The maximum Gasteiger partial charge on any atom is 0.306 e. The zero-order valence-electron chi connectivity index (χ0n) is 42.7. The second-order valence-electron chi connectivity index (χ2n) is 18.1.